The summed E-state index contributed by atoms with van der Waals surface area (Å²) in [6.07, 6.45) is 2.00. The van der Waals surface area contributed by atoms with Gasteiger partial charge in [0.1, 0.15) is 9.84 Å². The smallest absolute Gasteiger partial charge is 0.150 e. The quantitative estimate of drug-likeness (QED) is 0.653. The molecule has 4 heteroatoms. The van der Waals surface area contributed by atoms with Crippen LogP contribution < -0.4 is 5.32 Å². The van der Waals surface area contributed by atoms with Gasteiger partial charge in [-0.25, -0.2) is 8.42 Å². The zero-order chi connectivity index (χ0) is 9.90. The summed E-state index contributed by atoms with van der Waals surface area (Å²) in [6, 6.07) is 0.657. The van der Waals surface area contributed by atoms with Crippen LogP contribution in [-0.4, -0.2) is 32.5 Å². The standard InChI is InChI=1S/C9H19NO2S/c1-3-13(11,12)6-4-5-10-9-7-8(9)2/h8-10H,3-7H2,1-2H3. The minimum absolute atomic E-state index is 0.271. The first-order valence-corrected chi connectivity index (χ1v) is 6.81. The second-order valence-electron chi connectivity index (χ2n) is 3.86. The molecule has 0 radical (unpaired) electrons. The summed E-state index contributed by atoms with van der Waals surface area (Å²) >= 11 is 0. The van der Waals surface area contributed by atoms with Gasteiger partial charge in [-0.1, -0.05) is 13.8 Å². The van der Waals surface area contributed by atoms with E-state index in [0.717, 1.165) is 18.9 Å². The Hall–Kier alpha value is -0.0900. The van der Waals surface area contributed by atoms with E-state index in [1.54, 1.807) is 6.92 Å². The van der Waals surface area contributed by atoms with Gasteiger partial charge >= 0.3 is 0 Å². The van der Waals surface area contributed by atoms with Gasteiger partial charge in [-0.15, -0.1) is 0 Å². The van der Waals surface area contributed by atoms with Gasteiger partial charge in [0.2, 0.25) is 0 Å². The predicted octanol–water partition coefficient (Wildman–Crippen LogP) is 0.809. The van der Waals surface area contributed by atoms with Crippen LogP contribution in [0.1, 0.15) is 26.7 Å². The van der Waals surface area contributed by atoms with Crippen LogP contribution in [0.3, 0.4) is 0 Å². The van der Waals surface area contributed by atoms with Crippen molar-refractivity contribution in [2.45, 2.75) is 32.7 Å². The third-order valence-corrected chi connectivity index (χ3v) is 4.38. The SMILES string of the molecule is CCS(=O)(=O)CCCNC1CC1C. The van der Waals surface area contributed by atoms with Crippen LogP contribution >= 0.6 is 0 Å². The fourth-order valence-electron chi connectivity index (χ4n) is 1.33. The summed E-state index contributed by atoms with van der Waals surface area (Å²) in [4.78, 5) is 0. The van der Waals surface area contributed by atoms with E-state index in [9.17, 15) is 8.42 Å². The predicted molar refractivity (Wildman–Crippen MR) is 54.5 cm³/mol. The maximum Gasteiger partial charge on any atom is 0.150 e. The van der Waals surface area contributed by atoms with E-state index >= 15 is 0 Å². The van der Waals surface area contributed by atoms with Crippen LogP contribution in [0.15, 0.2) is 0 Å². The van der Waals surface area contributed by atoms with Gasteiger partial charge in [0, 0.05) is 11.8 Å². The molecule has 0 aromatic carbocycles. The van der Waals surface area contributed by atoms with Gasteiger partial charge in [0.15, 0.2) is 0 Å². The normalized spacial score (nSPS) is 27.5. The molecule has 0 heterocycles. The Morgan fingerprint density at radius 2 is 2.08 bits per heavy atom. The lowest BCUT2D eigenvalue weighted by Crippen LogP contribution is -2.22. The number of nitrogens with one attached hydrogen (secondary N) is 1. The highest BCUT2D eigenvalue weighted by Crippen LogP contribution is 2.28. The molecule has 0 bridgehead atoms. The molecule has 1 N–H and O–H groups in total. The maximum atomic E-state index is 11.1. The Morgan fingerprint density at radius 3 is 2.54 bits per heavy atom. The van der Waals surface area contributed by atoms with E-state index in [1.165, 1.54) is 6.42 Å². The molecular weight excluding hydrogens is 186 g/mol. The highest BCUT2D eigenvalue weighted by molar-refractivity contribution is 7.91. The van der Waals surface area contributed by atoms with E-state index in [0.29, 0.717) is 11.8 Å². The van der Waals surface area contributed by atoms with Crippen LogP contribution in [-0.2, 0) is 9.84 Å². The Balaban J connectivity index is 2.01. The second kappa shape index (κ2) is 4.42. The molecule has 1 aliphatic carbocycles. The van der Waals surface area contributed by atoms with Crippen LogP contribution in [0.25, 0.3) is 0 Å². The van der Waals surface area contributed by atoms with Gasteiger partial charge in [-0.2, -0.15) is 0 Å². The Morgan fingerprint density at radius 1 is 1.46 bits per heavy atom. The Kier molecular flexibility index (Phi) is 3.74. The molecule has 0 spiro atoms. The summed E-state index contributed by atoms with van der Waals surface area (Å²) in [6.45, 7) is 4.75. The van der Waals surface area contributed by atoms with Crippen molar-refractivity contribution in [2.75, 3.05) is 18.1 Å². The van der Waals surface area contributed by atoms with Crippen molar-refractivity contribution in [3.05, 3.63) is 0 Å². The van der Waals surface area contributed by atoms with Crippen LogP contribution in [0.4, 0.5) is 0 Å². The molecule has 0 aromatic rings. The molecule has 0 saturated heterocycles. The molecule has 2 unspecified atom stereocenters. The summed E-state index contributed by atoms with van der Waals surface area (Å²) in [5.74, 6) is 1.40. The molecule has 0 aromatic heterocycles. The number of hydrogen-bond acceptors (Lipinski definition) is 3. The zero-order valence-corrected chi connectivity index (χ0v) is 9.23. The lowest BCUT2D eigenvalue weighted by atomic mass is 10.4. The fraction of sp³-hybridized carbons (Fsp3) is 1.00. The van der Waals surface area contributed by atoms with Crippen molar-refractivity contribution in [1.29, 1.82) is 0 Å². The lowest BCUT2D eigenvalue weighted by Gasteiger charge is -2.02. The molecular formula is C9H19NO2S. The first-order chi connectivity index (χ1) is 6.05. The highest BCUT2D eigenvalue weighted by Gasteiger charge is 2.31. The largest absolute Gasteiger partial charge is 0.314 e. The second-order valence-corrected chi connectivity index (χ2v) is 6.34. The fourth-order valence-corrected chi connectivity index (χ4v) is 2.20. The monoisotopic (exact) mass is 205 g/mol. The molecule has 0 aliphatic heterocycles. The topological polar surface area (TPSA) is 46.2 Å². The summed E-state index contributed by atoms with van der Waals surface area (Å²) in [5, 5.41) is 3.34. The third-order valence-electron chi connectivity index (χ3n) is 2.59. The van der Waals surface area contributed by atoms with E-state index in [2.05, 4.69) is 12.2 Å². The van der Waals surface area contributed by atoms with Crippen molar-refractivity contribution in [3.63, 3.8) is 0 Å². The first-order valence-electron chi connectivity index (χ1n) is 4.99. The van der Waals surface area contributed by atoms with Gasteiger partial charge in [-0.05, 0) is 25.3 Å². The molecule has 0 amide bonds. The van der Waals surface area contributed by atoms with Crippen molar-refractivity contribution in [1.82, 2.24) is 5.32 Å². The maximum absolute atomic E-state index is 11.1. The first kappa shape index (κ1) is 11.0. The molecule has 2 atom stereocenters. The van der Waals surface area contributed by atoms with E-state index in [1.807, 2.05) is 0 Å². The van der Waals surface area contributed by atoms with Crippen molar-refractivity contribution in [2.24, 2.45) is 5.92 Å². The van der Waals surface area contributed by atoms with Crippen molar-refractivity contribution >= 4 is 9.84 Å². The minimum Gasteiger partial charge on any atom is -0.314 e. The summed E-state index contributed by atoms with van der Waals surface area (Å²) in [5.41, 5.74) is 0. The van der Waals surface area contributed by atoms with Crippen molar-refractivity contribution in [3.8, 4) is 0 Å². The average molecular weight is 205 g/mol. The van der Waals surface area contributed by atoms with Gasteiger partial charge in [0.25, 0.3) is 0 Å². The number of sulfone groups is 1. The van der Waals surface area contributed by atoms with Crippen LogP contribution in [0, 0.1) is 5.92 Å². The highest BCUT2D eigenvalue weighted by atomic mass is 32.2. The van der Waals surface area contributed by atoms with E-state index in [4.69, 9.17) is 0 Å². The summed E-state index contributed by atoms with van der Waals surface area (Å²) in [7, 11) is -2.75. The third kappa shape index (κ3) is 4.09. The molecule has 1 rings (SSSR count). The molecule has 1 aliphatic rings. The minimum atomic E-state index is -2.75. The summed E-state index contributed by atoms with van der Waals surface area (Å²) < 4.78 is 22.2. The van der Waals surface area contributed by atoms with E-state index < -0.39 is 9.84 Å². The lowest BCUT2D eigenvalue weighted by molar-refractivity contribution is 0.587. The van der Waals surface area contributed by atoms with Gasteiger partial charge in [-0.3, -0.25) is 0 Å². The van der Waals surface area contributed by atoms with Crippen LogP contribution in [0.2, 0.25) is 0 Å². The number of rotatable bonds is 6. The van der Waals surface area contributed by atoms with E-state index in [-0.39, 0.29) is 5.75 Å². The zero-order valence-electron chi connectivity index (χ0n) is 8.41. The van der Waals surface area contributed by atoms with Gasteiger partial charge in [0.05, 0.1) is 5.75 Å². The molecule has 3 nitrogen and oxygen atoms in total. The average Bonchev–Trinajstić information content (AvgIpc) is 2.76. The molecule has 1 fully saturated rings. The van der Waals surface area contributed by atoms with Crippen LogP contribution in [0.5, 0.6) is 0 Å². The van der Waals surface area contributed by atoms with Crippen molar-refractivity contribution < 1.29 is 8.42 Å². The molecule has 78 valence electrons. The molecule has 13 heavy (non-hydrogen) atoms. The Bertz CT molecular complexity index is 248. The number of hydrogen-bond donors (Lipinski definition) is 1. The Labute approximate surface area is 80.8 Å². The van der Waals surface area contributed by atoms with Gasteiger partial charge < -0.3 is 5.32 Å². The molecule has 1 saturated carbocycles.